The van der Waals surface area contributed by atoms with Crippen LogP contribution < -0.4 is 10.1 Å². The number of nitrogens with one attached hydrogen (secondary N) is 1. The van der Waals surface area contributed by atoms with Crippen LogP contribution in [0.1, 0.15) is 12.5 Å². The van der Waals surface area contributed by atoms with Gasteiger partial charge in [-0.25, -0.2) is 12.8 Å². The monoisotopic (exact) mass is 421 g/mol. The molecule has 1 atom stereocenters. The van der Waals surface area contributed by atoms with E-state index in [1.54, 1.807) is 36.4 Å². The molecule has 146 valence electrons. The van der Waals surface area contributed by atoms with Gasteiger partial charge in [-0.05, 0) is 24.6 Å². The summed E-state index contributed by atoms with van der Waals surface area (Å²) >= 11 is 0.742. The van der Waals surface area contributed by atoms with E-state index >= 15 is 0 Å². The molecule has 2 aromatic carbocycles. The number of anilines is 1. The van der Waals surface area contributed by atoms with Gasteiger partial charge in [0.2, 0.25) is 19.3 Å². The minimum Gasteiger partial charge on any atom is -0.478 e. The zero-order valence-electron chi connectivity index (χ0n) is 14.7. The maximum absolute atomic E-state index is 13.6. The maximum atomic E-state index is 13.6. The summed E-state index contributed by atoms with van der Waals surface area (Å²) in [5, 5.41) is 9.80. The van der Waals surface area contributed by atoms with E-state index in [-0.39, 0.29) is 21.0 Å². The second-order valence-corrected chi connectivity index (χ2v) is 8.94. The Hall–Kier alpha value is -2.85. The minimum absolute atomic E-state index is 0.0145. The SMILES string of the molecule is C[C@@H](Oc1ccccc1F)C(=O)Nc1nnc(S(=O)(=O)Cc2ccccc2)s1. The smallest absolute Gasteiger partial charge is 0.266 e. The molecule has 0 unspecified atom stereocenters. The fourth-order valence-electron chi connectivity index (χ4n) is 2.23. The lowest BCUT2D eigenvalue weighted by atomic mass is 10.2. The summed E-state index contributed by atoms with van der Waals surface area (Å²) in [5.41, 5.74) is 0.621. The Kier molecular flexibility index (Phi) is 6.00. The number of nitrogens with zero attached hydrogens (tertiary/aromatic N) is 2. The Balaban J connectivity index is 1.65. The molecule has 1 heterocycles. The van der Waals surface area contributed by atoms with Gasteiger partial charge < -0.3 is 4.74 Å². The van der Waals surface area contributed by atoms with E-state index in [9.17, 15) is 17.6 Å². The molecule has 28 heavy (non-hydrogen) atoms. The Morgan fingerprint density at radius 2 is 1.82 bits per heavy atom. The van der Waals surface area contributed by atoms with E-state index in [0.717, 1.165) is 11.3 Å². The van der Waals surface area contributed by atoms with Crippen molar-refractivity contribution in [2.24, 2.45) is 0 Å². The predicted molar refractivity (Wildman–Crippen MR) is 102 cm³/mol. The number of carbonyl (C=O) groups excluding carboxylic acids is 1. The van der Waals surface area contributed by atoms with E-state index in [1.807, 2.05) is 0 Å². The largest absolute Gasteiger partial charge is 0.478 e. The maximum Gasteiger partial charge on any atom is 0.266 e. The van der Waals surface area contributed by atoms with Crippen molar-refractivity contribution < 1.29 is 22.3 Å². The fourth-order valence-corrected chi connectivity index (χ4v) is 4.55. The molecular formula is C18H16FN3O4S2. The molecule has 7 nitrogen and oxygen atoms in total. The first-order chi connectivity index (χ1) is 13.3. The molecule has 1 amide bonds. The van der Waals surface area contributed by atoms with Crippen molar-refractivity contribution in [3.63, 3.8) is 0 Å². The summed E-state index contributed by atoms with van der Waals surface area (Å²) in [7, 11) is -3.69. The molecule has 0 aliphatic rings. The van der Waals surface area contributed by atoms with E-state index in [0.29, 0.717) is 5.56 Å². The third-order valence-electron chi connectivity index (χ3n) is 3.61. The van der Waals surface area contributed by atoms with E-state index in [1.165, 1.54) is 25.1 Å². The number of aromatic nitrogens is 2. The molecule has 0 saturated heterocycles. The van der Waals surface area contributed by atoms with Gasteiger partial charge in [0.25, 0.3) is 5.91 Å². The molecule has 3 rings (SSSR count). The van der Waals surface area contributed by atoms with Crippen LogP contribution in [0.5, 0.6) is 5.75 Å². The topological polar surface area (TPSA) is 98.2 Å². The molecule has 1 N–H and O–H groups in total. The molecular weight excluding hydrogens is 405 g/mol. The third-order valence-corrected chi connectivity index (χ3v) is 6.58. The molecule has 0 aliphatic carbocycles. The third kappa shape index (κ3) is 4.90. The van der Waals surface area contributed by atoms with Crippen molar-refractivity contribution in [1.29, 1.82) is 0 Å². The second kappa shape index (κ2) is 8.44. The van der Waals surface area contributed by atoms with Crippen LogP contribution in [-0.2, 0) is 20.4 Å². The average Bonchev–Trinajstić information content (AvgIpc) is 3.13. The fraction of sp³-hybridized carbons (Fsp3) is 0.167. The van der Waals surface area contributed by atoms with Crippen LogP contribution in [0.25, 0.3) is 0 Å². The molecule has 0 radical (unpaired) electrons. The van der Waals surface area contributed by atoms with Crippen LogP contribution in [-0.4, -0.2) is 30.6 Å². The zero-order valence-corrected chi connectivity index (χ0v) is 16.3. The van der Waals surface area contributed by atoms with Crippen LogP contribution in [0.2, 0.25) is 0 Å². The van der Waals surface area contributed by atoms with Crippen molar-refractivity contribution >= 4 is 32.2 Å². The van der Waals surface area contributed by atoms with Gasteiger partial charge in [-0.3, -0.25) is 10.1 Å². The molecule has 0 spiro atoms. The predicted octanol–water partition coefficient (Wildman–Crippen LogP) is 3.06. The Bertz CT molecular complexity index is 1070. The number of para-hydroxylation sites is 1. The lowest BCUT2D eigenvalue weighted by molar-refractivity contribution is -0.122. The number of hydrogen-bond acceptors (Lipinski definition) is 7. The number of hydrogen-bond donors (Lipinski definition) is 1. The summed E-state index contributed by atoms with van der Waals surface area (Å²) in [5.74, 6) is -1.48. The van der Waals surface area contributed by atoms with E-state index in [2.05, 4.69) is 15.5 Å². The van der Waals surface area contributed by atoms with Crippen LogP contribution in [0.3, 0.4) is 0 Å². The zero-order chi connectivity index (χ0) is 20.1. The Morgan fingerprint density at radius 3 is 2.54 bits per heavy atom. The highest BCUT2D eigenvalue weighted by Gasteiger charge is 2.23. The molecule has 10 heteroatoms. The highest BCUT2D eigenvalue weighted by Crippen LogP contribution is 2.24. The van der Waals surface area contributed by atoms with E-state index < -0.39 is 27.7 Å². The standard InChI is InChI=1S/C18H16FN3O4S2/c1-12(26-15-10-6-5-9-14(15)19)16(23)20-17-21-22-18(27-17)28(24,25)11-13-7-3-2-4-8-13/h2-10,12H,11H2,1H3,(H,20,21,23)/t12-/m1/s1. The van der Waals surface area contributed by atoms with Gasteiger partial charge in [-0.15, -0.1) is 10.2 Å². The van der Waals surface area contributed by atoms with Crippen LogP contribution in [0.15, 0.2) is 58.9 Å². The van der Waals surface area contributed by atoms with Crippen LogP contribution in [0.4, 0.5) is 9.52 Å². The molecule has 1 aromatic heterocycles. The highest BCUT2D eigenvalue weighted by molar-refractivity contribution is 7.92. The molecule has 0 saturated carbocycles. The lowest BCUT2D eigenvalue weighted by Gasteiger charge is -2.13. The van der Waals surface area contributed by atoms with Crippen molar-refractivity contribution in [3.8, 4) is 5.75 Å². The number of benzene rings is 2. The van der Waals surface area contributed by atoms with Gasteiger partial charge >= 0.3 is 0 Å². The summed E-state index contributed by atoms with van der Waals surface area (Å²) in [6.07, 6.45) is -1.02. The highest BCUT2D eigenvalue weighted by atomic mass is 32.2. The number of carbonyl (C=O) groups is 1. The summed E-state index contributed by atoms with van der Waals surface area (Å²) in [6, 6.07) is 14.4. The van der Waals surface area contributed by atoms with E-state index in [4.69, 9.17) is 4.74 Å². The number of amides is 1. The number of halogens is 1. The number of sulfone groups is 1. The van der Waals surface area contributed by atoms with Crippen molar-refractivity contribution in [2.75, 3.05) is 5.32 Å². The summed E-state index contributed by atoms with van der Waals surface area (Å²) < 4.78 is 43.6. The van der Waals surface area contributed by atoms with Gasteiger partial charge in [0.1, 0.15) is 0 Å². The Morgan fingerprint density at radius 1 is 1.14 bits per heavy atom. The van der Waals surface area contributed by atoms with Gasteiger partial charge in [-0.2, -0.15) is 0 Å². The Labute approximate surface area is 165 Å². The quantitative estimate of drug-likeness (QED) is 0.589. The van der Waals surface area contributed by atoms with Crippen molar-refractivity contribution in [1.82, 2.24) is 10.2 Å². The number of ether oxygens (including phenoxy) is 1. The second-order valence-electron chi connectivity index (χ2n) is 5.80. The van der Waals surface area contributed by atoms with Gasteiger partial charge in [-0.1, -0.05) is 53.8 Å². The first kappa shape index (κ1) is 19.9. The molecule has 3 aromatic rings. The van der Waals surface area contributed by atoms with Gasteiger partial charge in [0, 0.05) is 0 Å². The summed E-state index contributed by atoms with van der Waals surface area (Å²) in [6.45, 7) is 1.44. The first-order valence-electron chi connectivity index (χ1n) is 8.17. The normalized spacial score (nSPS) is 12.4. The van der Waals surface area contributed by atoms with Crippen LogP contribution >= 0.6 is 11.3 Å². The molecule has 0 fully saturated rings. The minimum atomic E-state index is -3.69. The molecule has 0 bridgehead atoms. The van der Waals surface area contributed by atoms with Crippen LogP contribution in [0, 0.1) is 5.82 Å². The first-order valence-corrected chi connectivity index (χ1v) is 10.6. The molecule has 0 aliphatic heterocycles. The van der Waals surface area contributed by atoms with Gasteiger partial charge in [0.05, 0.1) is 5.75 Å². The average molecular weight is 421 g/mol. The summed E-state index contributed by atoms with van der Waals surface area (Å²) in [4.78, 5) is 12.2. The number of rotatable bonds is 7. The van der Waals surface area contributed by atoms with Crippen molar-refractivity contribution in [2.45, 2.75) is 23.1 Å². The van der Waals surface area contributed by atoms with Crippen molar-refractivity contribution in [3.05, 3.63) is 66.0 Å². The lowest BCUT2D eigenvalue weighted by Crippen LogP contribution is -2.30. The van der Waals surface area contributed by atoms with Gasteiger partial charge in [0.15, 0.2) is 17.7 Å².